The molecule has 0 radical (unpaired) electrons. The van der Waals surface area contributed by atoms with Gasteiger partial charge in [-0.1, -0.05) is 18.2 Å². The second kappa shape index (κ2) is 8.17. The van der Waals surface area contributed by atoms with E-state index >= 15 is 0 Å². The van der Waals surface area contributed by atoms with Crippen molar-refractivity contribution < 1.29 is 18.7 Å². The van der Waals surface area contributed by atoms with E-state index in [4.69, 9.17) is 13.9 Å². The molecule has 6 rings (SSSR count). The summed E-state index contributed by atoms with van der Waals surface area (Å²) in [7, 11) is 0. The Morgan fingerprint density at radius 2 is 1.84 bits per heavy atom. The molecule has 0 aliphatic carbocycles. The molecule has 6 heteroatoms. The summed E-state index contributed by atoms with van der Waals surface area (Å²) < 4.78 is 17.0. The topological polar surface area (TPSA) is 55.2 Å². The van der Waals surface area contributed by atoms with Crippen LogP contribution in [0.2, 0.25) is 0 Å². The van der Waals surface area contributed by atoms with E-state index in [1.165, 1.54) is 10.9 Å². The first-order valence-corrected chi connectivity index (χ1v) is 11.6. The Morgan fingerprint density at radius 3 is 2.72 bits per heavy atom. The summed E-state index contributed by atoms with van der Waals surface area (Å²) >= 11 is 0. The molecule has 1 amide bonds. The molecular weight excluding hydrogens is 404 g/mol. The molecule has 3 aromatic rings. The van der Waals surface area contributed by atoms with E-state index < -0.39 is 0 Å². The zero-order valence-corrected chi connectivity index (χ0v) is 18.2. The first-order chi connectivity index (χ1) is 15.7. The van der Waals surface area contributed by atoms with Gasteiger partial charge in [0.2, 0.25) is 12.7 Å². The molecule has 1 saturated heterocycles. The van der Waals surface area contributed by atoms with Crippen LogP contribution >= 0.6 is 0 Å². The smallest absolute Gasteiger partial charge is 0.231 e. The SMILES string of the molecule is O=C1Cc2cc3c(cc2CCN1CC1CCN(CCc2cc4ccccc4o2)C1)OCO3. The second-order valence-electron chi connectivity index (χ2n) is 9.20. The predicted molar refractivity (Wildman–Crippen MR) is 121 cm³/mol. The zero-order chi connectivity index (χ0) is 21.5. The van der Waals surface area contributed by atoms with Crippen LogP contribution in [-0.4, -0.2) is 55.2 Å². The average Bonchev–Trinajstić information content (AvgIpc) is 3.51. The Balaban J connectivity index is 1.04. The summed E-state index contributed by atoms with van der Waals surface area (Å²) in [5, 5.41) is 1.17. The molecule has 4 heterocycles. The molecule has 3 aliphatic heterocycles. The number of ether oxygens (including phenoxy) is 2. The van der Waals surface area contributed by atoms with E-state index in [-0.39, 0.29) is 12.7 Å². The van der Waals surface area contributed by atoms with Crippen molar-refractivity contribution in [1.29, 1.82) is 0 Å². The van der Waals surface area contributed by atoms with Crippen molar-refractivity contribution in [2.24, 2.45) is 5.92 Å². The largest absolute Gasteiger partial charge is 0.461 e. The lowest BCUT2D eigenvalue weighted by Gasteiger charge is -2.24. The fraction of sp³-hybridized carbons (Fsp3) is 0.423. The third kappa shape index (κ3) is 3.84. The van der Waals surface area contributed by atoms with Gasteiger partial charge in [0.1, 0.15) is 11.3 Å². The van der Waals surface area contributed by atoms with Gasteiger partial charge in [-0.05, 0) is 60.7 Å². The number of carbonyl (C=O) groups is 1. The van der Waals surface area contributed by atoms with Crippen molar-refractivity contribution in [1.82, 2.24) is 9.80 Å². The molecule has 1 aromatic heterocycles. The minimum atomic E-state index is 0.225. The number of likely N-dealkylation sites (tertiary alicyclic amines) is 1. The Bertz CT molecular complexity index is 1120. The number of para-hydroxylation sites is 1. The van der Waals surface area contributed by atoms with Crippen LogP contribution < -0.4 is 9.47 Å². The van der Waals surface area contributed by atoms with Crippen LogP contribution in [0.1, 0.15) is 23.3 Å². The van der Waals surface area contributed by atoms with Gasteiger partial charge in [-0.2, -0.15) is 0 Å². The summed E-state index contributed by atoms with van der Waals surface area (Å²) in [4.78, 5) is 17.5. The highest BCUT2D eigenvalue weighted by Crippen LogP contribution is 2.36. The summed E-state index contributed by atoms with van der Waals surface area (Å²) in [6, 6.07) is 14.4. The van der Waals surface area contributed by atoms with E-state index in [0.29, 0.717) is 12.3 Å². The molecule has 0 N–H and O–H groups in total. The van der Waals surface area contributed by atoms with Crippen LogP contribution in [0.15, 0.2) is 46.9 Å². The molecule has 2 aromatic carbocycles. The number of hydrogen-bond donors (Lipinski definition) is 0. The quantitative estimate of drug-likeness (QED) is 0.616. The van der Waals surface area contributed by atoms with E-state index in [0.717, 1.165) is 80.4 Å². The molecule has 0 spiro atoms. The lowest BCUT2D eigenvalue weighted by atomic mass is 10.0. The highest BCUT2D eigenvalue weighted by atomic mass is 16.7. The second-order valence-corrected chi connectivity index (χ2v) is 9.20. The van der Waals surface area contributed by atoms with E-state index in [9.17, 15) is 4.79 Å². The number of rotatable bonds is 5. The van der Waals surface area contributed by atoms with Crippen LogP contribution in [0.5, 0.6) is 11.5 Å². The van der Waals surface area contributed by atoms with Crippen LogP contribution in [0, 0.1) is 5.92 Å². The Labute approximate surface area is 187 Å². The standard InChI is InChI=1S/C26H28N2O4/c29-26-14-21-13-25-24(30-17-31-25)12-19(21)6-10-28(26)16-18-5-8-27(15-18)9-7-22-11-20-3-1-2-4-23(20)32-22/h1-4,11-13,18H,5-10,14-17H2. The molecular formula is C26H28N2O4. The highest BCUT2D eigenvalue weighted by Gasteiger charge is 2.29. The maximum atomic E-state index is 13.0. The number of carbonyl (C=O) groups excluding carboxylic acids is 1. The van der Waals surface area contributed by atoms with Gasteiger partial charge in [0.15, 0.2) is 11.5 Å². The van der Waals surface area contributed by atoms with Gasteiger partial charge in [0.05, 0.1) is 6.42 Å². The minimum absolute atomic E-state index is 0.225. The number of furan rings is 1. The van der Waals surface area contributed by atoms with E-state index in [1.54, 1.807) is 0 Å². The number of benzene rings is 2. The van der Waals surface area contributed by atoms with E-state index in [2.05, 4.69) is 28.0 Å². The maximum absolute atomic E-state index is 13.0. The first kappa shape index (κ1) is 19.7. The van der Waals surface area contributed by atoms with Gasteiger partial charge in [0.25, 0.3) is 0 Å². The molecule has 0 saturated carbocycles. The lowest BCUT2D eigenvalue weighted by Crippen LogP contribution is -2.37. The van der Waals surface area contributed by atoms with Crippen molar-refractivity contribution >= 4 is 16.9 Å². The Morgan fingerprint density at radius 1 is 1.00 bits per heavy atom. The van der Waals surface area contributed by atoms with Gasteiger partial charge in [-0.3, -0.25) is 4.79 Å². The van der Waals surface area contributed by atoms with Gasteiger partial charge in [-0.25, -0.2) is 0 Å². The van der Waals surface area contributed by atoms with E-state index in [1.807, 2.05) is 24.3 Å². The predicted octanol–water partition coefficient (Wildman–Crippen LogP) is 3.65. The molecule has 3 aliphatic rings. The molecule has 1 unspecified atom stereocenters. The molecule has 32 heavy (non-hydrogen) atoms. The fourth-order valence-corrected chi connectivity index (χ4v) is 5.28. The Kier molecular flexibility index (Phi) is 5.02. The molecule has 1 atom stereocenters. The van der Waals surface area contributed by atoms with Crippen LogP contribution in [0.4, 0.5) is 0 Å². The zero-order valence-electron chi connectivity index (χ0n) is 18.2. The Hall–Kier alpha value is -2.99. The van der Waals surface area contributed by atoms with Crippen LogP contribution in [0.25, 0.3) is 11.0 Å². The highest BCUT2D eigenvalue weighted by molar-refractivity contribution is 5.80. The van der Waals surface area contributed by atoms with Crippen molar-refractivity contribution in [3.63, 3.8) is 0 Å². The summed E-state index contributed by atoms with van der Waals surface area (Å²) in [6.07, 6.45) is 3.40. The average molecular weight is 433 g/mol. The number of hydrogen-bond acceptors (Lipinski definition) is 5. The lowest BCUT2D eigenvalue weighted by molar-refractivity contribution is -0.130. The van der Waals surface area contributed by atoms with Crippen molar-refractivity contribution in [3.8, 4) is 11.5 Å². The summed E-state index contributed by atoms with van der Waals surface area (Å²) in [5.74, 6) is 3.38. The molecule has 166 valence electrons. The van der Waals surface area contributed by atoms with Gasteiger partial charge >= 0.3 is 0 Å². The number of fused-ring (bicyclic) bond motifs is 3. The maximum Gasteiger partial charge on any atom is 0.231 e. The van der Waals surface area contributed by atoms with Crippen LogP contribution in [-0.2, 0) is 24.1 Å². The van der Waals surface area contributed by atoms with Gasteiger partial charge < -0.3 is 23.7 Å². The summed E-state index contributed by atoms with van der Waals surface area (Å²) in [5.41, 5.74) is 3.26. The van der Waals surface area contributed by atoms with Gasteiger partial charge in [-0.15, -0.1) is 0 Å². The van der Waals surface area contributed by atoms with Crippen molar-refractivity contribution in [2.45, 2.75) is 25.7 Å². The normalized spacial score (nSPS) is 20.7. The first-order valence-electron chi connectivity index (χ1n) is 11.6. The molecule has 1 fully saturated rings. The van der Waals surface area contributed by atoms with Crippen LogP contribution in [0.3, 0.4) is 0 Å². The number of amides is 1. The third-order valence-corrected chi connectivity index (χ3v) is 7.04. The number of nitrogens with zero attached hydrogens (tertiary/aromatic N) is 2. The monoisotopic (exact) mass is 432 g/mol. The summed E-state index contributed by atoms with van der Waals surface area (Å²) in [6.45, 7) is 5.04. The van der Waals surface area contributed by atoms with Crippen molar-refractivity contribution in [2.75, 3.05) is 39.5 Å². The fourth-order valence-electron chi connectivity index (χ4n) is 5.28. The minimum Gasteiger partial charge on any atom is -0.461 e. The third-order valence-electron chi connectivity index (χ3n) is 7.04. The van der Waals surface area contributed by atoms with Crippen molar-refractivity contribution in [3.05, 3.63) is 59.4 Å². The van der Waals surface area contributed by atoms with Gasteiger partial charge in [0, 0.05) is 38.0 Å². The molecule has 0 bridgehead atoms. The molecule has 6 nitrogen and oxygen atoms in total.